The molecule has 0 saturated carbocycles. The van der Waals surface area contributed by atoms with Gasteiger partial charge >= 0.3 is 6.03 Å². The van der Waals surface area contributed by atoms with Gasteiger partial charge in [0, 0.05) is 43.5 Å². The minimum absolute atomic E-state index is 0.0247. The van der Waals surface area contributed by atoms with E-state index < -0.39 is 0 Å². The van der Waals surface area contributed by atoms with E-state index in [4.69, 9.17) is 23.2 Å². The molecule has 1 unspecified atom stereocenters. The maximum absolute atomic E-state index is 12.9. The molecule has 1 spiro atoms. The maximum atomic E-state index is 12.9. The van der Waals surface area contributed by atoms with E-state index in [2.05, 4.69) is 20.4 Å². The van der Waals surface area contributed by atoms with Crippen LogP contribution in [0.4, 0.5) is 4.79 Å². The number of nitrogens with zero attached hydrogens (tertiary/aromatic N) is 3. The van der Waals surface area contributed by atoms with Crippen molar-refractivity contribution in [3.05, 3.63) is 63.8 Å². The zero-order chi connectivity index (χ0) is 22.1. The number of H-pyrrole nitrogens is 1. The molecule has 0 aliphatic carbocycles. The Hall–Kier alpha value is -2.28. The number of halogens is 2. The van der Waals surface area contributed by atoms with Crippen molar-refractivity contribution in [2.24, 2.45) is 5.41 Å². The molecule has 168 valence electrons. The second kappa shape index (κ2) is 8.93. The molecule has 3 aromatic rings. The number of piperidine rings is 1. The molecule has 1 aromatic heterocycles. The Morgan fingerprint density at radius 2 is 1.94 bits per heavy atom. The highest BCUT2D eigenvalue weighted by molar-refractivity contribution is 6.42. The van der Waals surface area contributed by atoms with E-state index in [9.17, 15) is 4.79 Å². The Balaban J connectivity index is 1.17. The van der Waals surface area contributed by atoms with Crippen LogP contribution in [0.25, 0.3) is 10.9 Å². The van der Waals surface area contributed by atoms with E-state index in [1.165, 1.54) is 12.0 Å². The highest BCUT2D eigenvalue weighted by atomic mass is 35.5. The minimum Gasteiger partial charge on any atom is -0.334 e. The van der Waals surface area contributed by atoms with Gasteiger partial charge in [-0.3, -0.25) is 10.00 Å². The van der Waals surface area contributed by atoms with E-state index in [-0.39, 0.29) is 11.4 Å². The predicted octanol–water partition coefficient (Wildman–Crippen LogP) is 5.07. The standard InChI is InChI=1S/C24H27Cl2N5O/c25-20-5-3-18(10-21(20)26)14-30-9-7-24(15-30)6-1-8-31(16-24)23(32)27-12-17-2-4-19-13-28-29-22(19)11-17/h2-5,10-11,13H,1,6-9,12,14-16H2,(H,27,32)(H,28,29). The van der Waals surface area contributed by atoms with Crippen molar-refractivity contribution < 1.29 is 4.79 Å². The zero-order valence-corrected chi connectivity index (χ0v) is 19.4. The van der Waals surface area contributed by atoms with Crippen molar-refractivity contribution in [3.8, 4) is 0 Å². The summed E-state index contributed by atoms with van der Waals surface area (Å²) < 4.78 is 0. The molecule has 2 amide bonds. The average molecular weight is 472 g/mol. The Labute approximate surface area is 197 Å². The van der Waals surface area contributed by atoms with Crippen molar-refractivity contribution in [1.29, 1.82) is 0 Å². The molecule has 8 heteroatoms. The first kappa shape index (κ1) is 21.6. The summed E-state index contributed by atoms with van der Waals surface area (Å²) in [5, 5.41) is 12.4. The van der Waals surface area contributed by atoms with Gasteiger partial charge in [0.1, 0.15) is 0 Å². The molecular formula is C24H27Cl2N5O. The molecule has 2 saturated heterocycles. The first-order chi connectivity index (χ1) is 15.5. The van der Waals surface area contributed by atoms with Gasteiger partial charge in [-0.25, -0.2) is 4.79 Å². The summed E-state index contributed by atoms with van der Waals surface area (Å²) >= 11 is 12.2. The van der Waals surface area contributed by atoms with Gasteiger partial charge in [0.05, 0.1) is 21.8 Å². The minimum atomic E-state index is 0.0247. The summed E-state index contributed by atoms with van der Waals surface area (Å²) in [4.78, 5) is 17.4. The monoisotopic (exact) mass is 471 g/mol. The third-order valence-electron chi connectivity index (χ3n) is 6.81. The zero-order valence-electron chi connectivity index (χ0n) is 17.9. The van der Waals surface area contributed by atoms with Gasteiger partial charge in [0.2, 0.25) is 0 Å². The van der Waals surface area contributed by atoms with Crippen molar-refractivity contribution in [2.75, 3.05) is 26.2 Å². The van der Waals surface area contributed by atoms with Crippen LogP contribution in [0.15, 0.2) is 42.6 Å². The molecule has 5 rings (SSSR count). The largest absolute Gasteiger partial charge is 0.334 e. The van der Waals surface area contributed by atoms with Crippen molar-refractivity contribution in [2.45, 2.75) is 32.4 Å². The summed E-state index contributed by atoms with van der Waals surface area (Å²) in [6, 6.07) is 12.0. The molecule has 1 atom stereocenters. The lowest BCUT2D eigenvalue weighted by atomic mass is 9.79. The number of hydrogen-bond donors (Lipinski definition) is 2. The highest BCUT2D eigenvalue weighted by Gasteiger charge is 2.42. The number of aromatic nitrogens is 2. The average Bonchev–Trinajstić information content (AvgIpc) is 3.41. The van der Waals surface area contributed by atoms with E-state index >= 15 is 0 Å². The lowest BCUT2D eigenvalue weighted by Crippen LogP contribution is -2.50. The number of nitrogens with one attached hydrogen (secondary N) is 2. The normalized spacial score (nSPS) is 21.5. The van der Waals surface area contributed by atoms with Crippen LogP contribution in [0.3, 0.4) is 0 Å². The molecule has 32 heavy (non-hydrogen) atoms. The third-order valence-corrected chi connectivity index (χ3v) is 7.55. The quantitative estimate of drug-likeness (QED) is 0.558. The summed E-state index contributed by atoms with van der Waals surface area (Å²) in [7, 11) is 0. The molecular weight excluding hydrogens is 445 g/mol. The maximum Gasteiger partial charge on any atom is 0.317 e. The van der Waals surface area contributed by atoms with Gasteiger partial charge in [-0.2, -0.15) is 5.10 Å². The predicted molar refractivity (Wildman–Crippen MR) is 128 cm³/mol. The van der Waals surface area contributed by atoms with E-state index in [1.54, 1.807) is 6.20 Å². The van der Waals surface area contributed by atoms with Crippen molar-refractivity contribution in [3.63, 3.8) is 0 Å². The molecule has 0 bridgehead atoms. The summed E-state index contributed by atoms with van der Waals surface area (Å²) in [6.07, 6.45) is 5.14. The van der Waals surface area contributed by atoms with E-state index in [0.717, 1.165) is 62.0 Å². The summed E-state index contributed by atoms with van der Waals surface area (Å²) in [5.41, 5.74) is 3.41. The Morgan fingerprint density at radius 1 is 1.06 bits per heavy atom. The van der Waals surface area contributed by atoms with E-state index in [0.29, 0.717) is 16.6 Å². The van der Waals surface area contributed by atoms with Crippen LogP contribution >= 0.6 is 23.2 Å². The van der Waals surface area contributed by atoms with Gasteiger partial charge in [-0.15, -0.1) is 0 Å². The van der Waals surface area contributed by atoms with Gasteiger partial charge in [-0.05, 0) is 55.1 Å². The molecule has 2 aliphatic rings. The number of carbonyl (C=O) groups is 1. The van der Waals surface area contributed by atoms with Crippen LogP contribution in [-0.4, -0.2) is 52.2 Å². The van der Waals surface area contributed by atoms with Gasteiger partial charge in [0.25, 0.3) is 0 Å². The Morgan fingerprint density at radius 3 is 2.81 bits per heavy atom. The lowest BCUT2D eigenvalue weighted by Gasteiger charge is -2.40. The first-order valence-electron chi connectivity index (χ1n) is 11.1. The molecule has 3 heterocycles. The molecule has 2 fully saturated rings. The Kier molecular flexibility index (Phi) is 6.01. The fraction of sp³-hybridized carbons (Fsp3) is 0.417. The molecule has 0 radical (unpaired) electrons. The topological polar surface area (TPSA) is 64.3 Å². The van der Waals surface area contributed by atoms with Crippen LogP contribution in [0.2, 0.25) is 10.0 Å². The van der Waals surface area contributed by atoms with Crippen LogP contribution in [0, 0.1) is 5.41 Å². The number of fused-ring (bicyclic) bond motifs is 1. The van der Waals surface area contributed by atoms with Crippen LogP contribution in [0.5, 0.6) is 0 Å². The highest BCUT2D eigenvalue weighted by Crippen LogP contribution is 2.39. The van der Waals surface area contributed by atoms with Crippen molar-refractivity contribution >= 4 is 40.1 Å². The Bertz CT molecular complexity index is 1130. The number of amides is 2. The molecule has 2 aliphatic heterocycles. The van der Waals surface area contributed by atoms with Gasteiger partial charge in [-0.1, -0.05) is 41.4 Å². The van der Waals surface area contributed by atoms with E-state index in [1.807, 2.05) is 41.3 Å². The summed E-state index contributed by atoms with van der Waals surface area (Å²) in [5.74, 6) is 0. The number of aromatic amines is 1. The van der Waals surface area contributed by atoms with Gasteiger partial charge < -0.3 is 10.2 Å². The lowest BCUT2D eigenvalue weighted by molar-refractivity contribution is 0.107. The molecule has 2 aromatic carbocycles. The number of likely N-dealkylation sites (tertiary alicyclic amines) is 2. The number of hydrogen-bond acceptors (Lipinski definition) is 3. The van der Waals surface area contributed by atoms with Crippen LogP contribution in [0.1, 0.15) is 30.4 Å². The van der Waals surface area contributed by atoms with Crippen LogP contribution in [-0.2, 0) is 13.1 Å². The number of urea groups is 1. The first-order valence-corrected chi connectivity index (χ1v) is 11.9. The second-order valence-corrected chi connectivity index (χ2v) is 10.00. The van der Waals surface area contributed by atoms with Crippen molar-refractivity contribution in [1.82, 2.24) is 25.3 Å². The SMILES string of the molecule is O=C(NCc1ccc2cn[nH]c2c1)N1CCCC2(CCN(Cc3ccc(Cl)c(Cl)c3)C2)C1. The number of benzene rings is 2. The molecule has 2 N–H and O–H groups in total. The smallest absolute Gasteiger partial charge is 0.317 e. The molecule has 6 nitrogen and oxygen atoms in total. The number of rotatable bonds is 4. The fourth-order valence-corrected chi connectivity index (χ4v) is 5.48. The van der Waals surface area contributed by atoms with Crippen LogP contribution < -0.4 is 5.32 Å². The summed E-state index contributed by atoms with van der Waals surface area (Å²) in [6.45, 7) is 5.06. The third kappa shape index (κ3) is 4.58. The number of carbonyl (C=O) groups excluding carboxylic acids is 1. The fourth-order valence-electron chi connectivity index (χ4n) is 5.16. The second-order valence-electron chi connectivity index (χ2n) is 9.18. The van der Waals surface area contributed by atoms with Gasteiger partial charge in [0.15, 0.2) is 0 Å².